The Morgan fingerprint density at radius 3 is 2.70 bits per heavy atom. The highest BCUT2D eigenvalue weighted by Crippen LogP contribution is 2.27. The lowest BCUT2D eigenvalue weighted by Gasteiger charge is -2.11. The highest BCUT2D eigenvalue weighted by Gasteiger charge is 2.19. The van der Waals surface area contributed by atoms with Gasteiger partial charge in [0.15, 0.2) is 11.6 Å². The summed E-state index contributed by atoms with van der Waals surface area (Å²) in [5.41, 5.74) is -0.667. The van der Waals surface area contributed by atoms with Gasteiger partial charge in [0.2, 0.25) is 0 Å². The van der Waals surface area contributed by atoms with E-state index >= 15 is 0 Å². The number of aromatic nitrogens is 1. The minimum absolute atomic E-state index is 0.224. The first kappa shape index (κ1) is 14.0. The molecule has 8 heteroatoms. The summed E-state index contributed by atoms with van der Waals surface area (Å²) in [5, 5.41) is 4.90. The minimum Gasteiger partial charge on any atom is -0.351 e. The van der Waals surface area contributed by atoms with Gasteiger partial charge in [-0.1, -0.05) is 11.6 Å². The molecular weight excluding hydrogens is 292 g/mol. The lowest BCUT2D eigenvalue weighted by atomic mass is 10.1. The Labute approximate surface area is 116 Å². The van der Waals surface area contributed by atoms with Crippen molar-refractivity contribution in [3.63, 3.8) is 0 Å². The number of benzene rings is 1. The van der Waals surface area contributed by atoms with Crippen LogP contribution in [0.3, 0.4) is 0 Å². The molecule has 2 aromatic rings. The number of nitroso groups, excluding NO2 is 1. The fourth-order valence-corrected chi connectivity index (χ4v) is 1.70. The zero-order valence-corrected chi connectivity index (χ0v) is 10.5. The number of rotatable bonds is 3. The largest absolute Gasteiger partial charge is 0.351 e. The van der Waals surface area contributed by atoms with Gasteiger partial charge >= 0.3 is 5.91 Å². The van der Waals surface area contributed by atoms with Crippen molar-refractivity contribution in [2.75, 3.05) is 5.32 Å². The Kier molecular flexibility index (Phi) is 3.99. The monoisotopic (exact) mass is 297 g/mol. The summed E-state index contributed by atoms with van der Waals surface area (Å²) in [6, 6.07) is 3.08. The van der Waals surface area contributed by atoms with Crippen LogP contribution in [0.2, 0.25) is 5.02 Å². The molecule has 2 rings (SSSR count). The average molecular weight is 298 g/mol. The molecule has 1 aromatic heterocycles. The van der Waals surface area contributed by atoms with Gasteiger partial charge in [0.05, 0.1) is 28.2 Å². The van der Waals surface area contributed by atoms with E-state index in [4.69, 9.17) is 11.6 Å². The summed E-state index contributed by atoms with van der Waals surface area (Å²) in [6.45, 7) is 0. The van der Waals surface area contributed by atoms with E-state index in [0.29, 0.717) is 0 Å². The molecule has 0 aliphatic rings. The summed E-state index contributed by atoms with van der Waals surface area (Å²) >= 11 is 5.71. The second kappa shape index (κ2) is 5.70. The van der Waals surface area contributed by atoms with Crippen LogP contribution < -0.4 is 5.32 Å². The van der Waals surface area contributed by atoms with E-state index in [1.807, 2.05) is 0 Å². The second-order valence-corrected chi connectivity index (χ2v) is 4.13. The van der Waals surface area contributed by atoms with Gasteiger partial charge in [-0.3, -0.25) is 9.78 Å². The van der Waals surface area contributed by atoms with Crippen LogP contribution in [-0.4, -0.2) is 10.9 Å². The van der Waals surface area contributed by atoms with Gasteiger partial charge in [-0.15, -0.1) is 4.91 Å². The van der Waals surface area contributed by atoms with Crippen molar-refractivity contribution in [1.82, 2.24) is 4.98 Å². The second-order valence-electron chi connectivity index (χ2n) is 3.70. The predicted molar refractivity (Wildman–Crippen MR) is 69.0 cm³/mol. The SMILES string of the molecule is O=NC(=O)c1ccc(F)c(F)c1Nc1cncc(Cl)c1. The highest BCUT2D eigenvalue weighted by molar-refractivity contribution is 6.30. The number of hydrogen-bond donors (Lipinski definition) is 1. The summed E-state index contributed by atoms with van der Waals surface area (Å²) in [7, 11) is 0. The van der Waals surface area contributed by atoms with Crippen LogP contribution in [0, 0.1) is 16.5 Å². The topological polar surface area (TPSA) is 71.4 Å². The summed E-state index contributed by atoms with van der Waals surface area (Å²) in [5.74, 6) is -3.70. The molecule has 1 N–H and O–H groups in total. The van der Waals surface area contributed by atoms with E-state index in [2.05, 4.69) is 15.5 Å². The van der Waals surface area contributed by atoms with E-state index in [9.17, 15) is 18.5 Å². The molecule has 5 nitrogen and oxygen atoms in total. The van der Waals surface area contributed by atoms with Gasteiger partial charge in [-0.25, -0.2) is 8.78 Å². The van der Waals surface area contributed by atoms with Crippen LogP contribution in [0.1, 0.15) is 10.4 Å². The van der Waals surface area contributed by atoms with Gasteiger partial charge < -0.3 is 5.32 Å². The molecule has 0 bridgehead atoms. The molecule has 0 aliphatic carbocycles. The molecule has 0 spiro atoms. The molecular formula is C12H6ClF2N3O2. The Hall–Kier alpha value is -2.41. The standard InChI is InChI=1S/C12H6ClF2N3O2/c13-6-3-7(5-16-4-6)17-11-8(12(19)18-20)1-2-9(14)10(11)15/h1-5,17H. The molecule has 0 atom stereocenters. The fourth-order valence-electron chi connectivity index (χ4n) is 1.52. The fraction of sp³-hybridized carbons (Fsp3) is 0. The summed E-state index contributed by atoms with van der Waals surface area (Å²) in [4.78, 5) is 25.3. The molecule has 0 saturated carbocycles. The number of nitrogens with one attached hydrogen (secondary N) is 1. The van der Waals surface area contributed by atoms with Gasteiger partial charge in [-0.05, 0) is 18.2 Å². The Morgan fingerprint density at radius 1 is 1.30 bits per heavy atom. The zero-order valence-electron chi connectivity index (χ0n) is 9.73. The number of carbonyl (C=O) groups excluding carboxylic acids is 1. The number of nitrogens with zero attached hydrogens (tertiary/aromatic N) is 2. The van der Waals surface area contributed by atoms with E-state index in [1.165, 1.54) is 18.5 Å². The zero-order chi connectivity index (χ0) is 14.7. The van der Waals surface area contributed by atoms with E-state index < -0.39 is 23.2 Å². The Balaban J connectivity index is 2.51. The number of anilines is 2. The molecule has 0 fully saturated rings. The number of amides is 1. The first-order chi connectivity index (χ1) is 9.52. The normalized spacial score (nSPS) is 10.2. The maximum atomic E-state index is 13.8. The molecule has 1 aromatic carbocycles. The lowest BCUT2D eigenvalue weighted by molar-refractivity contribution is 0.100. The molecule has 102 valence electrons. The van der Waals surface area contributed by atoms with Gasteiger partial charge in [0, 0.05) is 11.4 Å². The first-order valence-corrected chi connectivity index (χ1v) is 5.64. The van der Waals surface area contributed by atoms with Crippen LogP contribution in [0.25, 0.3) is 0 Å². The molecule has 20 heavy (non-hydrogen) atoms. The van der Waals surface area contributed by atoms with Crippen molar-refractivity contribution in [2.24, 2.45) is 5.18 Å². The Bertz CT molecular complexity index is 694. The number of halogens is 3. The summed E-state index contributed by atoms with van der Waals surface area (Å²) < 4.78 is 27.0. The maximum absolute atomic E-state index is 13.8. The minimum atomic E-state index is -1.31. The van der Waals surface area contributed by atoms with E-state index in [0.717, 1.165) is 12.1 Å². The van der Waals surface area contributed by atoms with Crippen molar-refractivity contribution in [2.45, 2.75) is 0 Å². The van der Waals surface area contributed by atoms with E-state index in [1.54, 1.807) is 0 Å². The molecule has 1 amide bonds. The lowest BCUT2D eigenvalue weighted by Crippen LogP contribution is -2.05. The van der Waals surface area contributed by atoms with Crippen molar-refractivity contribution in [3.8, 4) is 0 Å². The average Bonchev–Trinajstić information content (AvgIpc) is 2.43. The highest BCUT2D eigenvalue weighted by atomic mass is 35.5. The van der Waals surface area contributed by atoms with Crippen molar-refractivity contribution in [3.05, 3.63) is 57.7 Å². The number of pyridine rings is 1. The molecule has 0 radical (unpaired) electrons. The molecule has 0 saturated heterocycles. The van der Waals surface area contributed by atoms with Crippen molar-refractivity contribution >= 4 is 28.9 Å². The van der Waals surface area contributed by atoms with E-state index in [-0.39, 0.29) is 16.3 Å². The van der Waals surface area contributed by atoms with Gasteiger partial charge in [0.25, 0.3) is 0 Å². The number of hydrogen-bond acceptors (Lipinski definition) is 4. The van der Waals surface area contributed by atoms with Crippen LogP contribution in [-0.2, 0) is 0 Å². The third-order valence-corrected chi connectivity index (χ3v) is 2.59. The number of carbonyl (C=O) groups is 1. The quantitative estimate of drug-likeness (QED) is 0.878. The van der Waals surface area contributed by atoms with Crippen molar-refractivity contribution in [1.29, 1.82) is 0 Å². The van der Waals surface area contributed by atoms with Gasteiger partial charge in [0.1, 0.15) is 0 Å². The smallest absolute Gasteiger partial charge is 0.318 e. The maximum Gasteiger partial charge on any atom is 0.318 e. The third-order valence-electron chi connectivity index (χ3n) is 2.38. The summed E-state index contributed by atoms with van der Waals surface area (Å²) in [6.07, 6.45) is 2.63. The molecule has 0 unspecified atom stereocenters. The molecule has 0 aliphatic heterocycles. The van der Waals surface area contributed by atoms with Crippen LogP contribution >= 0.6 is 11.6 Å². The van der Waals surface area contributed by atoms with Crippen molar-refractivity contribution < 1.29 is 13.6 Å². The third kappa shape index (κ3) is 2.77. The van der Waals surface area contributed by atoms with Gasteiger partial charge in [-0.2, -0.15) is 0 Å². The van der Waals surface area contributed by atoms with Crippen LogP contribution in [0.4, 0.5) is 20.2 Å². The van der Waals surface area contributed by atoms with Crippen LogP contribution in [0.15, 0.2) is 35.8 Å². The molecule has 1 heterocycles. The predicted octanol–water partition coefficient (Wildman–Crippen LogP) is 3.66. The Morgan fingerprint density at radius 2 is 2.05 bits per heavy atom. The first-order valence-electron chi connectivity index (χ1n) is 5.26. The van der Waals surface area contributed by atoms with Crippen LogP contribution in [0.5, 0.6) is 0 Å².